The number of hydrogen-bond acceptors (Lipinski definition) is 8. The zero-order valence-corrected chi connectivity index (χ0v) is 21.6. The Bertz CT molecular complexity index is 1430. The van der Waals surface area contributed by atoms with E-state index in [0.29, 0.717) is 6.42 Å². The molecule has 4 rings (SSSR count). The van der Waals surface area contributed by atoms with Gasteiger partial charge in [-0.05, 0) is 57.0 Å². The van der Waals surface area contributed by atoms with E-state index < -0.39 is 39.8 Å². The average Bonchev–Trinajstić information content (AvgIpc) is 3.38. The van der Waals surface area contributed by atoms with Crippen molar-refractivity contribution in [2.45, 2.75) is 56.5 Å². The average molecular weight is 569 g/mol. The zero-order valence-electron chi connectivity index (χ0n) is 20.8. The monoisotopic (exact) mass is 568 g/mol. The number of benzene rings is 1. The van der Waals surface area contributed by atoms with Gasteiger partial charge in [-0.3, -0.25) is 4.79 Å². The highest BCUT2D eigenvalue weighted by Gasteiger charge is 2.39. The maximum absolute atomic E-state index is 13.3. The van der Waals surface area contributed by atoms with Crippen molar-refractivity contribution in [2.75, 3.05) is 6.54 Å². The molecule has 0 aliphatic carbocycles. The molecule has 1 saturated heterocycles. The van der Waals surface area contributed by atoms with Gasteiger partial charge in [0.2, 0.25) is 21.8 Å². The molecule has 3 aromatic rings. The maximum atomic E-state index is 13.3. The highest BCUT2D eigenvalue weighted by Crippen LogP contribution is 2.28. The van der Waals surface area contributed by atoms with E-state index in [1.54, 1.807) is 13.8 Å². The van der Waals surface area contributed by atoms with Gasteiger partial charge < -0.3 is 10.1 Å². The molecule has 0 saturated carbocycles. The molecule has 10 nitrogen and oxygen atoms in total. The number of rotatable bonds is 8. The molecule has 1 N–H and O–H groups in total. The summed E-state index contributed by atoms with van der Waals surface area (Å²) in [5, 5.41) is 2.66. The second kappa shape index (κ2) is 11.2. The summed E-state index contributed by atoms with van der Waals surface area (Å²) in [7, 11) is -4.04. The number of halogens is 4. The van der Waals surface area contributed by atoms with Crippen LogP contribution in [0.4, 0.5) is 17.6 Å². The third kappa shape index (κ3) is 6.65. The molecule has 0 bridgehead atoms. The van der Waals surface area contributed by atoms with Crippen molar-refractivity contribution >= 4 is 15.9 Å². The lowest BCUT2D eigenvalue weighted by Gasteiger charge is -2.23. The quantitative estimate of drug-likeness (QED) is 0.410. The van der Waals surface area contributed by atoms with Crippen LogP contribution in [-0.2, 0) is 27.5 Å². The number of ether oxygens (including phenoxy) is 1. The fraction of sp³-hybridized carbons (Fsp3) is 0.375. The van der Waals surface area contributed by atoms with Crippen LogP contribution in [0.25, 0.3) is 11.3 Å². The largest absolute Gasteiger partial charge is 0.461 e. The molecule has 1 aliphatic rings. The topological polar surface area (TPSA) is 127 Å². The number of carbonyl (C=O) groups is 1. The van der Waals surface area contributed by atoms with Crippen LogP contribution in [0.3, 0.4) is 0 Å². The smallest absolute Gasteiger partial charge is 0.451 e. The number of nitrogens with zero attached hydrogens (tertiary/aromatic N) is 5. The Morgan fingerprint density at radius 2 is 1.82 bits per heavy atom. The van der Waals surface area contributed by atoms with E-state index in [2.05, 4.69) is 25.3 Å². The number of amides is 1. The van der Waals surface area contributed by atoms with Crippen molar-refractivity contribution in [1.82, 2.24) is 29.6 Å². The molecule has 15 heteroatoms. The summed E-state index contributed by atoms with van der Waals surface area (Å²) >= 11 is 0. The standard InChI is InChI=1S/C24H24F4N6O4S/c1-14(2)38-23-32-17(10-19(33-23)15-11-30-22(31-12-15)24(26,27)28)13-29-21(35)20-4-3-9-34(20)39(36,37)18-7-5-16(25)6-8-18/h5-8,10-12,14,20H,3-4,9,13H2,1-2H3,(H,29,35)/t20-/m0/s1. The van der Waals surface area contributed by atoms with Gasteiger partial charge in [-0.25, -0.2) is 22.8 Å². The maximum Gasteiger partial charge on any atom is 0.451 e. The third-order valence-electron chi connectivity index (χ3n) is 5.67. The molecule has 3 heterocycles. The Balaban J connectivity index is 1.53. The fourth-order valence-corrected chi connectivity index (χ4v) is 5.57. The van der Waals surface area contributed by atoms with Crippen LogP contribution in [0.5, 0.6) is 6.01 Å². The first-order chi connectivity index (χ1) is 18.3. The van der Waals surface area contributed by atoms with Gasteiger partial charge in [-0.2, -0.15) is 27.4 Å². The van der Waals surface area contributed by atoms with Gasteiger partial charge >= 0.3 is 12.2 Å². The molecule has 1 atom stereocenters. The lowest BCUT2D eigenvalue weighted by Crippen LogP contribution is -2.45. The highest BCUT2D eigenvalue weighted by molar-refractivity contribution is 7.89. The molecule has 2 aromatic heterocycles. The number of hydrogen-bond donors (Lipinski definition) is 1. The normalized spacial score (nSPS) is 16.4. The van der Waals surface area contributed by atoms with Crippen LogP contribution in [0.1, 0.15) is 38.2 Å². The third-order valence-corrected chi connectivity index (χ3v) is 7.59. The van der Waals surface area contributed by atoms with Crippen molar-refractivity contribution < 1.29 is 35.5 Å². The van der Waals surface area contributed by atoms with Gasteiger partial charge in [-0.15, -0.1) is 0 Å². The van der Waals surface area contributed by atoms with Gasteiger partial charge in [0, 0.05) is 24.5 Å². The molecule has 1 aliphatic heterocycles. The summed E-state index contributed by atoms with van der Waals surface area (Å²) in [4.78, 5) is 28.0. The van der Waals surface area contributed by atoms with Gasteiger partial charge in [0.05, 0.1) is 28.9 Å². The number of nitrogens with one attached hydrogen (secondary N) is 1. The Morgan fingerprint density at radius 3 is 2.44 bits per heavy atom. The van der Waals surface area contributed by atoms with Crippen molar-refractivity contribution in [3.05, 3.63) is 60.1 Å². The Hall–Kier alpha value is -3.72. The minimum Gasteiger partial charge on any atom is -0.461 e. The van der Waals surface area contributed by atoms with Gasteiger partial charge in [-0.1, -0.05) is 0 Å². The first-order valence-electron chi connectivity index (χ1n) is 11.8. The number of aromatic nitrogens is 4. The van der Waals surface area contributed by atoms with Crippen LogP contribution >= 0.6 is 0 Å². The van der Waals surface area contributed by atoms with Crippen molar-refractivity contribution in [2.24, 2.45) is 0 Å². The first-order valence-corrected chi connectivity index (χ1v) is 13.3. The molecule has 1 amide bonds. The Labute approximate surface area is 221 Å². The molecule has 1 aromatic carbocycles. The minimum absolute atomic E-state index is 0.0759. The summed E-state index contributed by atoms with van der Waals surface area (Å²) in [5.74, 6) is -2.46. The molecule has 0 radical (unpaired) electrons. The molecule has 208 valence electrons. The van der Waals surface area contributed by atoms with E-state index in [-0.39, 0.29) is 53.5 Å². The van der Waals surface area contributed by atoms with E-state index in [4.69, 9.17) is 4.74 Å². The van der Waals surface area contributed by atoms with Crippen LogP contribution in [0, 0.1) is 5.82 Å². The first kappa shape index (κ1) is 28.3. The van der Waals surface area contributed by atoms with Crippen LogP contribution in [0.15, 0.2) is 47.6 Å². The minimum atomic E-state index is -4.70. The molecule has 1 fully saturated rings. The predicted octanol–water partition coefficient (Wildman–Crippen LogP) is 3.35. The summed E-state index contributed by atoms with van der Waals surface area (Å²) < 4.78 is 84.6. The van der Waals surface area contributed by atoms with Crippen LogP contribution in [0.2, 0.25) is 0 Å². The van der Waals surface area contributed by atoms with Crippen molar-refractivity contribution in [1.29, 1.82) is 0 Å². The zero-order chi connectivity index (χ0) is 28.4. The van der Waals surface area contributed by atoms with E-state index in [9.17, 15) is 30.8 Å². The van der Waals surface area contributed by atoms with Gasteiger partial charge in [0.25, 0.3) is 0 Å². The van der Waals surface area contributed by atoms with Gasteiger partial charge in [0.15, 0.2) is 0 Å². The fourth-order valence-electron chi connectivity index (χ4n) is 3.91. The molecule has 39 heavy (non-hydrogen) atoms. The Kier molecular flexibility index (Phi) is 8.11. The second-order valence-corrected chi connectivity index (χ2v) is 10.8. The SMILES string of the molecule is CC(C)Oc1nc(CNC(=O)[C@@H]2CCCN2S(=O)(=O)c2ccc(F)cc2)cc(-c2cnc(C(F)(F)F)nc2)n1. The lowest BCUT2D eigenvalue weighted by atomic mass is 10.2. The van der Waals surface area contributed by atoms with E-state index in [1.807, 2.05) is 0 Å². The van der Waals surface area contributed by atoms with Crippen molar-refractivity contribution in [3.8, 4) is 17.3 Å². The Morgan fingerprint density at radius 1 is 1.15 bits per heavy atom. The van der Waals surface area contributed by atoms with Crippen LogP contribution in [-0.4, -0.2) is 57.3 Å². The predicted molar refractivity (Wildman–Crippen MR) is 129 cm³/mol. The number of sulfonamides is 1. The summed E-state index contributed by atoms with van der Waals surface area (Å²) in [6.45, 7) is 3.44. The molecular weight excluding hydrogens is 544 g/mol. The molecule has 0 spiro atoms. The van der Waals surface area contributed by atoms with E-state index in [0.717, 1.165) is 41.0 Å². The molecule has 0 unspecified atom stereocenters. The lowest BCUT2D eigenvalue weighted by molar-refractivity contribution is -0.145. The highest BCUT2D eigenvalue weighted by atomic mass is 32.2. The summed E-state index contributed by atoms with van der Waals surface area (Å²) in [6.07, 6.45) is -2.35. The summed E-state index contributed by atoms with van der Waals surface area (Å²) in [6, 6.07) is 4.71. The number of carbonyl (C=O) groups excluding carboxylic acids is 1. The number of alkyl halides is 3. The van der Waals surface area contributed by atoms with Crippen molar-refractivity contribution in [3.63, 3.8) is 0 Å². The second-order valence-electron chi connectivity index (χ2n) is 8.93. The van der Waals surface area contributed by atoms with Crippen LogP contribution < -0.4 is 10.1 Å². The summed E-state index contributed by atoms with van der Waals surface area (Å²) in [5.41, 5.74) is 0.591. The van der Waals surface area contributed by atoms with E-state index >= 15 is 0 Å². The molecular formula is C24H24F4N6O4S. The van der Waals surface area contributed by atoms with Gasteiger partial charge in [0.1, 0.15) is 11.9 Å². The van der Waals surface area contributed by atoms with E-state index in [1.165, 1.54) is 6.07 Å².